The molecule has 1 aromatic rings. The highest BCUT2D eigenvalue weighted by Crippen LogP contribution is 2.22. The van der Waals surface area contributed by atoms with Crippen molar-refractivity contribution >= 4 is 17.5 Å². The molecule has 2 heterocycles. The molecule has 1 aliphatic heterocycles. The Kier molecular flexibility index (Phi) is 4.27. The van der Waals surface area contributed by atoms with Crippen molar-refractivity contribution in [2.24, 2.45) is 13.0 Å². The third kappa shape index (κ3) is 2.69. The van der Waals surface area contributed by atoms with E-state index in [1.165, 1.54) is 0 Å². The SMILES string of the molecule is CCc1cc(C(=O)N2CCC(CCCl)C2)n(C)n1. The zero-order chi connectivity index (χ0) is 13.1. The second-order valence-electron chi connectivity index (χ2n) is 4.88. The van der Waals surface area contributed by atoms with Gasteiger partial charge in [0.15, 0.2) is 0 Å². The first kappa shape index (κ1) is 13.4. The molecule has 0 aromatic carbocycles. The number of amides is 1. The number of carbonyl (C=O) groups excluding carboxylic acids is 1. The van der Waals surface area contributed by atoms with Crippen LogP contribution in [0, 0.1) is 5.92 Å². The summed E-state index contributed by atoms with van der Waals surface area (Å²) in [5.41, 5.74) is 1.66. The summed E-state index contributed by atoms with van der Waals surface area (Å²) in [6.07, 6.45) is 2.92. The van der Waals surface area contributed by atoms with Crippen LogP contribution in [0.25, 0.3) is 0 Å². The third-order valence-electron chi connectivity index (χ3n) is 3.60. The van der Waals surface area contributed by atoms with Crippen LogP contribution >= 0.6 is 11.6 Å². The number of likely N-dealkylation sites (tertiary alicyclic amines) is 1. The van der Waals surface area contributed by atoms with Crippen LogP contribution in [0.1, 0.15) is 35.9 Å². The van der Waals surface area contributed by atoms with Crippen molar-refractivity contribution in [3.8, 4) is 0 Å². The molecule has 5 heteroatoms. The first-order chi connectivity index (χ1) is 8.65. The van der Waals surface area contributed by atoms with Gasteiger partial charge in [-0.15, -0.1) is 11.6 Å². The monoisotopic (exact) mass is 269 g/mol. The summed E-state index contributed by atoms with van der Waals surface area (Å²) in [6.45, 7) is 3.72. The summed E-state index contributed by atoms with van der Waals surface area (Å²) < 4.78 is 1.69. The normalized spacial score (nSPS) is 19.5. The molecule has 1 aromatic heterocycles. The molecule has 0 radical (unpaired) electrons. The van der Waals surface area contributed by atoms with Gasteiger partial charge in [-0.05, 0) is 31.2 Å². The Morgan fingerprint density at radius 3 is 3.00 bits per heavy atom. The maximum Gasteiger partial charge on any atom is 0.272 e. The first-order valence-electron chi connectivity index (χ1n) is 6.53. The molecule has 18 heavy (non-hydrogen) atoms. The van der Waals surface area contributed by atoms with Crippen LogP contribution in [0.4, 0.5) is 0 Å². The number of hydrogen-bond donors (Lipinski definition) is 0. The summed E-state index contributed by atoms with van der Waals surface area (Å²) in [5.74, 6) is 1.34. The number of aromatic nitrogens is 2. The summed E-state index contributed by atoms with van der Waals surface area (Å²) >= 11 is 5.76. The molecule has 0 bridgehead atoms. The molecule has 0 N–H and O–H groups in total. The van der Waals surface area contributed by atoms with Crippen LogP contribution in [0.5, 0.6) is 0 Å². The van der Waals surface area contributed by atoms with Crippen LogP contribution in [0.2, 0.25) is 0 Å². The van der Waals surface area contributed by atoms with Crippen molar-refractivity contribution in [3.63, 3.8) is 0 Å². The second kappa shape index (κ2) is 5.74. The molecule has 1 aliphatic rings. The molecule has 1 unspecified atom stereocenters. The Morgan fingerprint density at radius 1 is 1.61 bits per heavy atom. The highest BCUT2D eigenvalue weighted by atomic mass is 35.5. The quantitative estimate of drug-likeness (QED) is 0.785. The molecular weight excluding hydrogens is 250 g/mol. The number of hydrogen-bond acceptors (Lipinski definition) is 2. The average molecular weight is 270 g/mol. The van der Waals surface area contributed by atoms with Crippen molar-refractivity contribution in [2.45, 2.75) is 26.2 Å². The van der Waals surface area contributed by atoms with Crippen molar-refractivity contribution < 1.29 is 4.79 Å². The van der Waals surface area contributed by atoms with Crippen LogP contribution in [-0.4, -0.2) is 39.6 Å². The number of nitrogens with zero attached hydrogens (tertiary/aromatic N) is 3. The lowest BCUT2D eigenvalue weighted by Gasteiger charge is -2.16. The van der Waals surface area contributed by atoms with Gasteiger partial charge in [-0.1, -0.05) is 6.92 Å². The van der Waals surface area contributed by atoms with Gasteiger partial charge in [0, 0.05) is 26.0 Å². The van der Waals surface area contributed by atoms with Gasteiger partial charge in [0.25, 0.3) is 5.91 Å². The maximum absolute atomic E-state index is 12.4. The van der Waals surface area contributed by atoms with E-state index in [-0.39, 0.29) is 5.91 Å². The Bertz CT molecular complexity index is 430. The highest BCUT2D eigenvalue weighted by molar-refractivity contribution is 6.17. The molecule has 0 saturated carbocycles. The van der Waals surface area contributed by atoms with Crippen molar-refractivity contribution in [1.29, 1.82) is 0 Å². The molecule has 1 amide bonds. The number of halogens is 1. The maximum atomic E-state index is 12.4. The van der Waals surface area contributed by atoms with Gasteiger partial charge in [0.2, 0.25) is 0 Å². The lowest BCUT2D eigenvalue weighted by Crippen LogP contribution is -2.30. The summed E-state index contributed by atoms with van der Waals surface area (Å²) in [4.78, 5) is 14.3. The summed E-state index contributed by atoms with van der Waals surface area (Å²) in [5, 5.41) is 4.33. The minimum Gasteiger partial charge on any atom is -0.337 e. The van der Waals surface area contributed by atoms with Gasteiger partial charge in [-0.3, -0.25) is 9.48 Å². The van der Waals surface area contributed by atoms with Gasteiger partial charge >= 0.3 is 0 Å². The zero-order valence-corrected chi connectivity index (χ0v) is 11.8. The second-order valence-corrected chi connectivity index (χ2v) is 5.26. The van der Waals surface area contributed by atoms with E-state index in [1.807, 2.05) is 24.9 Å². The Labute approximate surface area is 113 Å². The molecule has 100 valence electrons. The topological polar surface area (TPSA) is 38.1 Å². The van der Waals surface area contributed by atoms with E-state index >= 15 is 0 Å². The van der Waals surface area contributed by atoms with E-state index in [4.69, 9.17) is 11.6 Å². The zero-order valence-electron chi connectivity index (χ0n) is 11.0. The van der Waals surface area contributed by atoms with Gasteiger partial charge in [-0.2, -0.15) is 5.10 Å². The first-order valence-corrected chi connectivity index (χ1v) is 7.07. The lowest BCUT2D eigenvalue weighted by molar-refractivity contribution is 0.0776. The van der Waals surface area contributed by atoms with Gasteiger partial charge in [0.05, 0.1) is 5.69 Å². The molecule has 0 spiro atoms. The Balaban J connectivity index is 2.05. The standard InChI is InChI=1S/C13H20ClN3O/c1-3-11-8-12(16(2)15-11)13(18)17-7-5-10(9-17)4-6-14/h8,10H,3-7,9H2,1-2H3. The average Bonchev–Trinajstić information content (AvgIpc) is 2.95. The fraction of sp³-hybridized carbons (Fsp3) is 0.692. The van der Waals surface area contributed by atoms with E-state index in [1.54, 1.807) is 4.68 Å². The predicted octanol–water partition coefficient (Wildman–Crippen LogP) is 2.07. The Hall–Kier alpha value is -1.03. The number of carbonyl (C=O) groups is 1. The molecule has 2 rings (SSSR count). The van der Waals surface area contributed by atoms with E-state index in [2.05, 4.69) is 5.10 Å². The van der Waals surface area contributed by atoms with Crippen LogP contribution < -0.4 is 0 Å². The van der Waals surface area contributed by atoms with Crippen LogP contribution in [0.15, 0.2) is 6.07 Å². The van der Waals surface area contributed by atoms with E-state index in [9.17, 15) is 4.79 Å². The van der Waals surface area contributed by atoms with Crippen molar-refractivity contribution in [1.82, 2.24) is 14.7 Å². The summed E-state index contributed by atoms with van der Waals surface area (Å²) in [7, 11) is 1.83. The molecule has 0 aliphatic carbocycles. The smallest absolute Gasteiger partial charge is 0.272 e. The van der Waals surface area contributed by atoms with E-state index in [0.717, 1.165) is 38.0 Å². The van der Waals surface area contributed by atoms with E-state index in [0.29, 0.717) is 17.5 Å². The van der Waals surface area contributed by atoms with Crippen molar-refractivity contribution in [3.05, 3.63) is 17.5 Å². The lowest BCUT2D eigenvalue weighted by atomic mass is 10.1. The largest absolute Gasteiger partial charge is 0.337 e. The molecule has 1 saturated heterocycles. The molecule has 1 fully saturated rings. The molecule has 1 atom stereocenters. The Morgan fingerprint density at radius 2 is 2.39 bits per heavy atom. The number of alkyl halides is 1. The molecule has 4 nitrogen and oxygen atoms in total. The fourth-order valence-electron chi connectivity index (χ4n) is 2.47. The predicted molar refractivity (Wildman–Crippen MR) is 71.9 cm³/mol. The minimum absolute atomic E-state index is 0.0989. The highest BCUT2D eigenvalue weighted by Gasteiger charge is 2.28. The third-order valence-corrected chi connectivity index (χ3v) is 3.82. The van der Waals surface area contributed by atoms with Crippen LogP contribution in [0.3, 0.4) is 0 Å². The van der Waals surface area contributed by atoms with Gasteiger partial charge in [-0.25, -0.2) is 0 Å². The fourth-order valence-corrected chi connectivity index (χ4v) is 2.78. The van der Waals surface area contributed by atoms with Crippen molar-refractivity contribution in [2.75, 3.05) is 19.0 Å². The number of rotatable bonds is 4. The van der Waals surface area contributed by atoms with Crippen LogP contribution in [-0.2, 0) is 13.5 Å². The minimum atomic E-state index is 0.0989. The molecular formula is C13H20ClN3O. The van der Waals surface area contributed by atoms with Gasteiger partial charge in [0.1, 0.15) is 5.69 Å². The van der Waals surface area contributed by atoms with Gasteiger partial charge < -0.3 is 4.90 Å². The summed E-state index contributed by atoms with van der Waals surface area (Å²) in [6, 6.07) is 1.90. The number of aryl methyl sites for hydroxylation is 2. The van der Waals surface area contributed by atoms with E-state index < -0.39 is 0 Å².